The molecule has 1 aromatic carbocycles. The minimum Gasteiger partial charge on any atom is -0.337 e. The SMILES string of the molecule is O=C(c1cn(CCN2CCCCC2)nn1)N1CCC[C@@H](c2ccccc2)CC1. The number of carbonyl (C=O) groups is 1. The van der Waals surface area contributed by atoms with E-state index in [1.807, 2.05) is 15.8 Å². The van der Waals surface area contributed by atoms with Crippen molar-refractivity contribution in [3.8, 4) is 0 Å². The lowest BCUT2D eigenvalue weighted by molar-refractivity contribution is 0.0755. The third-order valence-electron chi connectivity index (χ3n) is 6.14. The van der Waals surface area contributed by atoms with Gasteiger partial charge < -0.3 is 9.80 Å². The predicted molar refractivity (Wildman–Crippen MR) is 109 cm³/mol. The highest BCUT2D eigenvalue weighted by atomic mass is 16.2. The summed E-state index contributed by atoms with van der Waals surface area (Å²) in [5.74, 6) is 0.567. The van der Waals surface area contributed by atoms with Crippen LogP contribution in [-0.2, 0) is 6.54 Å². The Balaban J connectivity index is 1.31. The number of nitrogens with zero attached hydrogens (tertiary/aromatic N) is 5. The van der Waals surface area contributed by atoms with E-state index in [-0.39, 0.29) is 5.91 Å². The quantitative estimate of drug-likeness (QED) is 0.798. The maximum absolute atomic E-state index is 12.9. The minimum absolute atomic E-state index is 0.0259. The zero-order valence-corrected chi connectivity index (χ0v) is 16.7. The van der Waals surface area contributed by atoms with Gasteiger partial charge in [0.25, 0.3) is 5.91 Å². The van der Waals surface area contributed by atoms with Crippen molar-refractivity contribution in [1.29, 1.82) is 0 Å². The van der Waals surface area contributed by atoms with Crippen molar-refractivity contribution >= 4 is 5.91 Å². The Hall–Kier alpha value is -2.21. The zero-order valence-electron chi connectivity index (χ0n) is 16.7. The van der Waals surface area contributed by atoms with Crippen molar-refractivity contribution in [2.24, 2.45) is 0 Å². The first kappa shape index (κ1) is 19.1. The number of likely N-dealkylation sites (tertiary alicyclic amines) is 2. The second-order valence-electron chi connectivity index (χ2n) is 8.10. The molecule has 6 heteroatoms. The number of amides is 1. The van der Waals surface area contributed by atoms with Gasteiger partial charge in [0.2, 0.25) is 0 Å². The molecule has 2 fully saturated rings. The van der Waals surface area contributed by atoms with Crippen LogP contribution in [0.1, 0.15) is 60.5 Å². The van der Waals surface area contributed by atoms with Gasteiger partial charge in [0.1, 0.15) is 0 Å². The molecule has 0 bridgehead atoms. The fourth-order valence-corrected chi connectivity index (χ4v) is 4.45. The third kappa shape index (κ3) is 4.79. The Morgan fingerprint density at radius 1 is 0.929 bits per heavy atom. The normalized spacial score (nSPS) is 21.4. The maximum atomic E-state index is 12.9. The molecule has 150 valence electrons. The van der Waals surface area contributed by atoms with Crippen LogP contribution in [0.2, 0.25) is 0 Å². The first-order valence-electron chi connectivity index (χ1n) is 10.8. The van der Waals surface area contributed by atoms with E-state index in [1.165, 1.54) is 37.9 Å². The maximum Gasteiger partial charge on any atom is 0.276 e. The Morgan fingerprint density at radius 3 is 2.57 bits per heavy atom. The van der Waals surface area contributed by atoms with Gasteiger partial charge >= 0.3 is 0 Å². The topological polar surface area (TPSA) is 54.3 Å². The molecule has 4 rings (SSSR count). The molecule has 0 radical (unpaired) electrons. The Labute approximate surface area is 167 Å². The fourth-order valence-electron chi connectivity index (χ4n) is 4.45. The summed E-state index contributed by atoms with van der Waals surface area (Å²) < 4.78 is 1.83. The van der Waals surface area contributed by atoms with Crippen LogP contribution in [0.4, 0.5) is 0 Å². The number of piperidine rings is 1. The van der Waals surface area contributed by atoms with Gasteiger partial charge in [-0.2, -0.15) is 0 Å². The van der Waals surface area contributed by atoms with E-state index < -0.39 is 0 Å². The summed E-state index contributed by atoms with van der Waals surface area (Å²) in [6.07, 6.45) is 8.94. The second kappa shape index (κ2) is 9.32. The second-order valence-corrected chi connectivity index (χ2v) is 8.10. The molecule has 1 aromatic heterocycles. The fraction of sp³-hybridized carbons (Fsp3) is 0.591. The summed E-state index contributed by atoms with van der Waals surface area (Å²) in [4.78, 5) is 17.4. The van der Waals surface area contributed by atoms with Crippen LogP contribution in [-0.4, -0.2) is 63.4 Å². The summed E-state index contributed by atoms with van der Waals surface area (Å²) in [7, 11) is 0. The average molecular weight is 382 g/mol. The van der Waals surface area contributed by atoms with Crippen LogP contribution < -0.4 is 0 Å². The predicted octanol–water partition coefficient (Wildman–Crippen LogP) is 3.17. The molecular formula is C22H31N5O. The highest BCUT2D eigenvalue weighted by Gasteiger charge is 2.24. The van der Waals surface area contributed by atoms with Crippen LogP contribution in [0, 0.1) is 0 Å². The lowest BCUT2D eigenvalue weighted by Crippen LogP contribution is -2.33. The Morgan fingerprint density at radius 2 is 1.75 bits per heavy atom. The molecule has 0 spiro atoms. The monoisotopic (exact) mass is 381 g/mol. The van der Waals surface area contributed by atoms with Gasteiger partial charge in [-0.05, 0) is 56.7 Å². The molecule has 0 saturated carbocycles. The van der Waals surface area contributed by atoms with Crippen molar-refractivity contribution < 1.29 is 4.79 Å². The van der Waals surface area contributed by atoms with Crippen molar-refractivity contribution in [2.75, 3.05) is 32.7 Å². The molecule has 0 aliphatic carbocycles. The minimum atomic E-state index is 0.0259. The molecule has 6 nitrogen and oxygen atoms in total. The molecule has 28 heavy (non-hydrogen) atoms. The van der Waals surface area contributed by atoms with E-state index >= 15 is 0 Å². The molecule has 3 heterocycles. The molecule has 2 saturated heterocycles. The highest BCUT2D eigenvalue weighted by Crippen LogP contribution is 2.28. The number of hydrogen-bond donors (Lipinski definition) is 0. The summed E-state index contributed by atoms with van der Waals surface area (Å²) in [6, 6.07) is 10.7. The number of benzene rings is 1. The molecule has 2 aliphatic rings. The van der Waals surface area contributed by atoms with Crippen LogP contribution in [0.5, 0.6) is 0 Å². The first-order valence-corrected chi connectivity index (χ1v) is 10.8. The lowest BCUT2D eigenvalue weighted by Gasteiger charge is -2.25. The van der Waals surface area contributed by atoms with E-state index in [1.54, 1.807) is 0 Å². The van der Waals surface area contributed by atoms with Crippen LogP contribution >= 0.6 is 0 Å². The van der Waals surface area contributed by atoms with Gasteiger partial charge in [0.05, 0.1) is 12.7 Å². The van der Waals surface area contributed by atoms with E-state index in [4.69, 9.17) is 0 Å². The van der Waals surface area contributed by atoms with E-state index in [0.717, 1.165) is 45.4 Å². The number of rotatable bonds is 5. The summed E-state index contributed by atoms with van der Waals surface area (Å²) in [6.45, 7) is 5.74. The van der Waals surface area contributed by atoms with Gasteiger partial charge in [-0.15, -0.1) is 5.10 Å². The van der Waals surface area contributed by atoms with Crippen molar-refractivity contribution in [3.63, 3.8) is 0 Å². The first-order chi connectivity index (χ1) is 13.8. The number of carbonyl (C=O) groups excluding carboxylic acids is 1. The molecule has 2 aromatic rings. The molecule has 1 atom stereocenters. The average Bonchev–Trinajstić information content (AvgIpc) is 3.09. The molecule has 0 N–H and O–H groups in total. The third-order valence-corrected chi connectivity index (χ3v) is 6.14. The van der Waals surface area contributed by atoms with Crippen LogP contribution in [0.25, 0.3) is 0 Å². The lowest BCUT2D eigenvalue weighted by atomic mass is 9.92. The smallest absolute Gasteiger partial charge is 0.276 e. The summed E-state index contributed by atoms with van der Waals surface area (Å²) in [5, 5.41) is 8.36. The standard InChI is InChI=1S/C22H31N5O/c28-22(21-18-27(24-23-21)17-16-25-12-5-2-6-13-25)26-14-7-10-20(11-15-26)19-8-3-1-4-9-19/h1,3-4,8-9,18,20H,2,5-7,10-17H2/t20-/m1/s1. The van der Waals surface area contributed by atoms with E-state index in [9.17, 15) is 4.79 Å². The van der Waals surface area contributed by atoms with Gasteiger partial charge in [-0.1, -0.05) is 42.0 Å². The Bertz CT molecular complexity index is 753. The summed E-state index contributed by atoms with van der Waals surface area (Å²) in [5.41, 5.74) is 1.87. The van der Waals surface area contributed by atoms with Gasteiger partial charge in [0, 0.05) is 19.6 Å². The number of aromatic nitrogens is 3. The van der Waals surface area contributed by atoms with Gasteiger partial charge in [-0.3, -0.25) is 9.48 Å². The van der Waals surface area contributed by atoms with Crippen molar-refractivity contribution in [3.05, 3.63) is 47.8 Å². The van der Waals surface area contributed by atoms with Gasteiger partial charge in [0.15, 0.2) is 5.69 Å². The van der Waals surface area contributed by atoms with Crippen molar-refractivity contribution in [2.45, 2.75) is 51.0 Å². The van der Waals surface area contributed by atoms with Gasteiger partial charge in [-0.25, -0.2) is 0 Å². The highest BCUT2D eigenvalue weighted by molar-refractivity contribution is 5.91. The largest absolute Gasteiger partial charge is 0.337 e. The molecule has 0 unspecified atom stereocenters. The zero-order chi connectivity index (χ0) is 19.2. The van der Waals surface area contributed by atoms with E-state index in [0.29, 0.717) is 11.6 Å². The number of hydrogen-bond acceptors (Lipinski definition) is 4. The van der Waals surface area contributed by atoms with E-state index in [2.05, 4.69) is 45.5 Å². The Kier molecular flexibility index (Phi) is 6.37. The van der Waals surface area contributed by atoms with Crippen molar-refractivity contribution in [1.82, 2.24) is 24.8 Å². The van der Waals surface area contributed by atoms with Crippen LogP contribution in [0.3, 0.4) is 0 Å². The molecular weight excluding hydrogens is 350 g/mol. The molecule has 1 amide bonds. The summed E-state index contributed by atoms with van der Waals surface area (Å²) >= 11 is 0. The molecule has 2 aliphatic heterocycles. The van der Waals surface area contributed by atoms with Crippen LogP contribution in [0.15, 0.2) is 36.5 Å².